The molecule has 0 aromatic heterocycles. The molecule has 0 fully saturated rings. The van der Waals surface area contributed by atoms with Crippen molar-refractivity contribution in [2.75, 3.05) is 0 Å². The smallest absolute Gasteiger partial charge is 0.0616 e. The van der Waals surface area contributed by atoms with Gasteiger partial charge < -0.3 is 0 Å². The predicted molar refractivity (Wildman–Crippen MR) is 80.2 cm³/mol. The second-order valence-electron chi connectivity index (χ2n) is 5.88. The van der Waals surface area contributed by atoms with Crippen LogP contribution in [0.2, 0.25) is 0 Å². The standard InChI is InChI=1S/C17H25Cl/c1-3-7-13(2)12-15-10-6-9-14-8-4-5-11-16(14)17(15)18/h4-5,8,11,13,15,17H,3,6-7,9-10,12H2,1-2H3. The maximum absolute atomic E-state index is 6.76. The van der Waals surface area contributed by atoms with Gasteiger partial charge in [0.25, 0.3) is 0 Å². The Kier molecular flexibility index (Phi) is 5.12. The number of halogens is 1. The van der Waals surface area contributed by atoms with E-state index in [9.17, 15) is 0 Å². The van der Waals surface area contributed by atoms with Gasteiger partial charge in [-0.3, -0.25) is 0 Å². The van der Waals surface area contributed by atoms with E-state index in [1.165, 1.54) is 49.7 Å². The first kappa shape index (κ1) is 13.9. The van der Waals surface area contributed by atoms with E-state index in [0.717, 1.165) is 5.92 Å². The first-order valence-electron chi connectivity index (χ1n) is 7.44. The third-order valence-electron chi connectivity index (χ3n) is 4.27. The minimum absolute atomic E-state index is 0.225. The zero-order valence-corrected chi connectivity index (χ0v) is 12.4. The Bertz CT molecular complexity index is 372. The van der Waals surface area contributed by atoms with Crippen molar-refractivity contribution in [1.29, 1.82) is 0 Å². The largest absolute Gasteiger partial charge is 0.118 e. The van der Waals surface area contributed by atoms with Crippen LogP contribution < -0.4 is 0 Å². The van der Waals surface area contributed by atoms with E-state index in [1.54, 1.807) is 0 Å². The molecule has 0 saturated heterocycles. The molecule has 1 heteroatoms. The van der Waals surface area contributed by atoms with Gasteiger partial charge >= 0.3 is 0 Å². The summed E-state index contributed by atoms with van der Waals surface area (Å²) in [7, 11) is 0. The number of fused-ring (bicyclic) bond motifs is 1. The number of rotatable bonds is 4. The fourth-order valence-corrected chi connectivity index (χ4v) is 3.79. The van der Waals surface area contributed by atoms with Crippen LogP contribution in [0, 0.1) is 11.8 Å². The molecule has 0 bridgehead atoms. The minimum atomic E-state index is 0.225. The molecule has 0 aliphatic heterocycles. The molecule has 0 saturated carbocycles. The average molecular weight is 265 g/mol. The summed E-state index contributed by atoms with van der Waals surface area (Å²) in [5, 5.41) is 0.225. The van der Waals surface area contributed by atoms with Gasteiger partial charge in [-0.05, 0) is 48.6 Å². The van der Waals surface area contributed by atoms with Crippen molar-refractivity contribution in [1.82, 2.24) is 0 Å². The summed E-state index contributed by atoms with van der Waals surface area (Å²) in [5.41, 5.74) is 2.87. The average Bonchev–Trinajstić information content (AvgIpc) is 2.51. The number of hydrogen-bond donors (Lipinski definition) is 0. The Labute approximate surface area is 117 Å². The highest BCUT2D eigenvalue weighted by Crippen LogP contribution is 2.41. The Hall–Kier alpha value is -0.490. The number of alkyl halides is 1. The van der Waals surface area contributed by atoms with E-state index >= 15 is 0 Å². The topological polar surface area (TPSA) is 0 Å². The molecule has 0 nitrogen and oxygen atoms in total. The maximum Gasteiger partial charge on any atom is 0.0616 e. The summed E-state index contributed by atoms with van der Waals surface area (Å²) < 4.78 is 0. The van der Waals surface area contributed by atoms with Crippen LogP contribution in [-0.4, -0.2) is 0 Å². The van der Waals surface area contributed by atoms with Gasteiger partial charge in [-0.1, -0.05) is 51.0 Å². The lowest BCUT2D eigenvalue weighted by molar-refractivity contribution is 0.344. The molecule has 2 rings (SSSR count). The van der Waals surface area contributed by atoms with Crippen molar-refractivity contribution in [2.24, 2.45) is 11.8 Å². The van der Waals surface area contributed by atoms with E-state index in [2.05, 4.69) is 38.1 Å². The summed E-state index contributed by atoms with van der Waals surface area (Å²) in [6.45, 7) is 4.65. The molecule has 1 aromatic rings. The molecule has 0 radical (unpaired) electrons. The van der Waals surface area contributed by atoms with Crippen molar-refractivity contribution >= 4 is 11.6 Å². The van der Waals surface area contributed by atoms with Crippen LogP contribution in [0.3, 0.4) is 0 Å². The van der Waals surface area contributed by atoms with Crippen molar-refractivity contribution in [3.63, 3.8) is 0 Å². The van der Waals surface area contributed by atoms with Crippen molar-refractivity contribution < 1.29 is 0 Å². The second-order valence-corrected chi connectivity index (χ2v) is 6.35. The quantitative estimate of drug-likeness (QED) is 0.480. The zero-order valence-electron chi connectivity index (χ0n) is 11.7. The highest BCUT2D eigenvalue weighted by molar-refractivity contribution is 6.21. The third kappa shape index (κ3) is 3.29. The van der Waals surface area contributed by atoms with Gasteiger partial charge in [0.2, 0.25) is 0 Å². The van der Waals surface area contributed by atoms with Crippen LogP contribution in [0.1, 0.15) is 62.5 Å². The third-order valence-corrected chi connectivity index (χ3v) is 4.87. The van der Waals surface area contributed by atoms with Gasteiger partial charge in [0.1, 0.15) is 0 Å². The van der Waals surface area contributed by atoms with Gasteiger partial charge in [0.15, 0.2) is 0 Å². The predicted octanol–water partition coefficient (Wildman–Crippen LogP) is 5.75. The fraction of sp³-hybridized carbons (Fsp3) is 0.647. The van der Waals surface area contributed by atoms with Crippen molar-refractivity contribution in [2.45, 2.75) is 57.7 Å². The van der Waals surface area contributed by atoms with E-state index < -0.39 is 0 Å². The van der Waals surface area contributed by atoms with E-state index in [-0.39, 0.29) is 5.38 Å². The molecule has 100 valence electrons. The van der Waals surface area contributed by atoms with Crippen LogP contribution in [0.5, 0.6) is 0 Å². The lowest BCUT2D eigenvalue weighted by Gasteiger charge is -2.24. The van der Waals surface area contributed by atoms with Gasteiger partial charge in [0.05, 0.1) is 5.38 Å². The molecule has 18 heavy (non-hydrogen) atoms. The molecule has 1 aromatic carbocycles. The Balaban J connectivity index is 2.10. The Morgan fingerprint density at radius 1 is 1.33 bits per heavy atom. The highest BCUT2D eigenvalue weighted by Gasteiger charge is 2.26. The molecular weight excluding hydrogens is 240 g/mol. The minimum Gasteiger partial charge on any atom is -0.118 e. The Morgan fingerprint density at radius 2 is 2.11 bits per heavy atom. The fourth-order valence-electron chi connectivity index (χ4n) is 3.35. The monoisotopic (exact) mass is 264 g/mol. The normalized spacial score (nSPS) is 25.3. The summed E-state index contributed by atoms with van der Waals surface area (Å²) in [5.74, 6) is 1.48. The van der Waals surface area contributed by atoms with Crippen LogP contribution in [0.25, 0.3) is 0 Å². The number of hydrogen-bond acceptors (Lipinski definition) is 0. The highest BCUT2D eigenvalue weighted by atomic mass is 35.5. The first-order valence-corrected chi connectivity index (χ1v) is 7.88. The van der Waals surface area contributed by atoms with Gasteiger partial charge in [-0.2, -0.15) is 0 Å². The van der Waals surface area contributed by atoms with Crippen LogP contribution in [-0.2, 0) is 6.42 Å². The maximum atomic E-state index is 6.76. The summed E-state index contributed by atoms with van der Waals surface area (Å²) >= 11 is 6.76. The summed E-state index contributed by atoms with van der Waals surface area (Å²) in [6, 6.07) is 8.76. The van der Waals surface area contributed by atoms with E-state index in [4.69, 9.17) is 11.6 Å². The van der Waals surface area contributed by atoms with Gasteiger partial charge in [-0.25, -0.2) is 0 Å². The van der Waals surface area contributed by atoms with Crippen molar-refractivity contribution in [3.8, 4) is 0 Å². The van der Waals surface area contributed by atoms with Crippen LogP contribution in [0.4, 0.5) is 0 Å². The van der Waals surface area contributed by atoms with Gasteiger partial charge in [-0.15, -0.1) is 11.6 Å². The number of benzene rings is 1. The van der Waals surface area contributed by atoms with E-state index in [1.807, 2.05) is 0 Å². The molecular formula is C17H25Cl. The zero-order chi connectivity index (χ0) is 13.0. The number of aryl methyl sites for hydroxylation is 1. The first-order chi connectivity index (χ1) is 8.72. The summed E-state index contributed by atoms with van der Waals surface area (Å²) in [4.78, 5) is 0. The summed E-state index contributed by atoms with van der Waals surface area (Å²) in [6.07, 6.45) is 7.70. The second kappa shape index (κ2) is 6.61. The van der Waals surface area contributed by atoms with Gasteiger partial charge in [0, 0.05) is 0 Å². The molecule has 1 aliphatic rings. The molecule has 0 N–H and O–H groups in total. The molecule has 3 unspecified atom stereocenters. The van der Waals surface area contributed by atoms with Crippen molar-refractivity contribution in [3.05, 3.63) is 35.4 Å². The molecule has 0 heterocycles. The van der Waals surface area contributed by atoms with Crippen LogP contribution in [0.15, 0.2) is 24.3 Å². The lowest BCUT2D eigenvalue weighted by Crippen LogP contribution is -2.11. The lowest BCUT2D eigenvalue weighted by atomic mass is 9.86. The molecule has 3 atom stereocenters. The molecule has 0 spiro atoms. The van der Waals surface area contributed by atoms with Crippen LogP contribution >= 0.6 is 11.6 Å². The SMILES string of the molecule is CCCC(C)CC1CCCc2ccccc2C1Cl. The van der Waals surface area contributed by atoms with E-state index in [0.29, 0.717) is 5.92 Å². The Morgan fingerprint density at radius 3 is 2.89 bits per heavy atom. The molecule has 0 amide bonds. The molecule has 1 aliphatic carbocycles.